The van der Waals surface area contributed by atoms with Crippen molar-refractivity contribution in [3.05, 3.63) is 35.9 Å². The Morgan fingerprint density at radius 2 is 1.92 bits per heavy atom. The van der Waals surface area contributed by atoms with Gasteiger partial charge in [0.2, 0.25) is 5.91 Å². The van der Waals surface area contributed by atoms with Gasteiger partial charge in [-0.3, -0.25) is 4.79 Å². The van der Waals surface area contributed by atoms with Crippen molar-refractivity contribution in [2.45, 2.75) is 45.2 Å². The molecule has 1 fully saturated rings. The number of nitrogens with two attached hydrogens (primary N) is 1. The molecular formula is C19H31N3O2. The SMILES string of the molecule is CC(NC(C)(C)CNC(=O)C1(CN)CCOCC1)c1ccccc1. The number of amides is 1. The highest BCUT2D eigenvalue weighted by Crippen LogP contribution is 2.29. The minimum atomic E-state index is -0.473. The molecule has 1 aromatic carbocycles. The van der Waals surface area contributed by atoms with Crippen LogP contribution in [0.2, 0.25) is 0 Å². The van der Waals surface area contributed by atoms with Gasteiger partial charge in [0.25, 0.3) is 0 Å². The lowest BCUT2D eigenvalue weighted by molar-refractivity contribution is -0.136. The maximum Gasteiger partial charge on any atom is 0.227 e. The number of carbonyl (C=O) groups excluding carboxylic acids is 1. The van der Waals surface area contributed by atoms with Crippen molar-refractivity contribution < 1.29 is 9.53 Å². The van der Waals surface area contributed by atoms with Gasteiger partial charge in [0.15, 0.2) is 0 Å². The molecule has 1 heterocycles. The van der Waals surface area contributed by atoms with Crippen molar-refractivity contribution in [3.63, 3.8) is 0 Å². The number of nitrogens with one attached hydrogen (secondary N) is 2. The molecule has 134 valence electrons. The van der Waals surface area contributed by atoms with Gasteiger partial charge in [0, 0.05) is 37.9 Å². The van der Waals surface area contributed by atoms with E-state index >= 15 is 0 Å². The summed E-state index contributed by atoms with van der Waals surface area (Å²) < 4.78 is 5.38. The van der Waals surface area contributed by atoms with Crippen molar-refractivity contribution in [2.24, 2.45) is 11.1 Å². The minimum absolute atomic E-state index is 0.0514. The largest absolute Gasteiger partial charge is 0.381 e. The van der Waals surface area contributed by atoms with Crippen molar-refractivity contribution in [2.75, 3.05) is 26.3 Å². The van der Waals surface area contributed by atoms with E-state index in [9.17, 15) is 4.79 Å². The molecule has 1 unspecified atom stereocenters. The van der Waals surface area contributed by atoms with E-state index < -0.39 is 5.41 Å². The summed E-state index contributed by atoms with van der Waals surface area (Å²) in [7, 11) is 0. The average Bonchev–Trinajstić information content (AvgIpc) is 2.60. The molecule has 1 aliphatic heterocycles. The topological polar surface area (TPSA) is 76.4 Å². The first-order chi connectivity index (χ1) is 11.4. The summed E-state index contributed by atoms with van der Waals surface area (Å²) in [5.41, 5.74) is 6.45. The van der Waals surface area contributed by atoms with Gasteiger partial charge in [-0.25, -0.2) is 0 Å². The summed E-state index contributed by atoms with van der Waals surface area (Å²) in [6.07, 6.45) is 1.40. The van der Waals surface area contributed by atoms with Crippen LogP contribution in [0.15, 0.2) is 30.3 Å². The van der Waals surface area contributed by atoms with E-state index in [1.165, 1.54) is 5.56 Å². The third kappa shape index (κ3) is 4.79. The van der Waals surface area contributed by atoms with Crippen LogP contribution in [-0.4, -0.2) is 37.7 Å². The van der Waals surface area contributed by atoms with Gasteiger partial charge < -0.3 is 21.1 Å². The van der Waals surface area contributed by atoms with Gasteiger partial charge in [0.1, 0.15) is 0 Å². The van der Waals surface area contributed by atoms with Gasteiger partial charge in [0.05, 0.1) is 5.41 Å². The number of carbonyl (C=O) groups is 1. The number of rotatable bonds is 7. The Bertz CT molecular complexity index is 525. The molecule has 1 atom stereocenters. The van der Waals surface area contributed by atoms with Gasteiger partial charge >= 0.3 is 0 Å². The number of benzene rings is 1. The normalized spacial score (nSPS) is 18.8. The summed E-state index contributed by atoms with van der Waals surface area (Å²) in [5, 5.41) is 6.69. The Kier molecular flexibility index (Phi) is 6.38. The van der Waals surface area contributed by atoms with Crippen LogP contribution in [0, 0.1) is 5.41 Å². The molecule has 1 aromatic rings. The van der Waals surface area contributed by atoms with Crippen LogP contribution in [0.3, 0.4) is 0 Å². The van der Waals surface area contributed by atoms with Crippen LogP contribution in [0.1, 0.15) is 45.2 Å². The van der Waals surface area contributed by atoms with Gasteiger partial charge in [-0.2, -0.15) is 0 Å². The van der Waals surface area contributed by atoms with E-state index in [4.69, 9.17) is 10.5 Å². The fourth-order valence-corrected chi connectivity index (χ4v) is 3.24. The van der Waals surface area contributed by atoms with Crippen LogP contribution in [0.25, 0.3) is 0 Å². The molecule has 0 radical (unpaired) electrons. The maximum absolute atomic E-state index is 12.7. The van der Waals surface area contributed by atoms with Crippen LogP contribution >= 0.6 is 0 Å². The zero-order valence-corrected chi connectivity index (χ0v) is 15.1. The second-order valence-corrected chi connectivity index (χ2v) is 7.44. The third-order valence-corrected chi connectivity index (χ3v) is 4.92. The minimum Gasteiger partial charge on any atom is -0.381 e. The summed E-state index contributed by atoms with van der Waals surface area (Å²) >= 11 is 0. The molecule has 0 saturated carbocycles. The van der Waals surface area contributed by atoms with E-state index in [1.54, 1.807) is 0 Å². The van der Waals surface area contributed by atoms with Crippen LogP contribution in [-0.2, 0) is 9.53 Å². The molecule has 1 aliphatic rings. The van der Waals surface area contributed by atoms with Crippen molar-refractivity contribution in [1.82, 2.24) is 10.6 Å². The lowest BCUT2D eigenvalue weighted by Gasteiger charge is -2.37. The predicted octanol–water partition coefficient (Wildman–Crippen LogP) is 1.99. The second kappa shape index (κ2) is 8.10. The molecule has 2 rings (SSSR count). The van der Waals surface area contributed by atoms with Crippen LogP contribution < -0.4 is 16.4 Å². The van der Waals surface area contributed by atoms with Gasteiger partial charge in [-0.1, -0.05) is 30.3 Å². The molecule has 4 N–H and O–H groups in total. The number of ether oxygens (including phenoxy) is 1. The Hall–Kier alpha value is -1.43. The van der Waals surface area contributed by atoms with Crippen molar-refractivity contribution >= 4 is 5.91 Å². The fraction of sp³-hybridized carbons (Fsp3) is 0.632. The first-order valence-electron chi connectivity index (χ1n) is 8.77. The number of hydrogen-bond donors (Lipinski definition) is 3. The maximum atomic E-state index is 12.7. The second-order valence-electron chi connectivity index (χ2n) is 7.44. The molecule has 5 nitrogen and oxygen atoms in total. The third-order valence-electron chi connectivity index (χ3n) is 4.92. The summed E-state index contributed by atoms with van der Waals surface area (Å²) in [6.45, 7) is 8.49. The molecule has 0 aromatic heterocycles. The lowest BCUT2D eigenvalue weighted by atomic mass is 9.79. The van der Waals surface area contributed by atoms with E-state index in [0.717, 1.165) is 0 Å². The van der Waals surface area contributed by atoms with E-state index in [1.807, 2.05) is 18.2 Å². The Balaban J connectivity index is 1.90. The zero-order chi connectivity index (χ0) is 17.6. The van der Waals surface area contributed by atoms with E-state index in [-0.39, 0.29) is 17.5 Å². The van der Waals surface area contributed by atoms with E-state index in [2.05, 4.69) is 43.5 Å². The molecule has 0 aliphatic carbocycles. The van der Waals surface area contributed by atoms with Gasteiger partial charge in [-0.05, 0) is 39.2 Å². The van der Waals surface area contributed by atoms with Gasteiger partial charge in [-0.15, -0.1) is 0 Å². The van der Waals surface area contributed by atoms with E-state index in [0.29, 0.717) is 39.1 Å². The molecule has 0 bridgehead atoms. The highest BCUT2D eigenvalue weighted by molar-refractivity contribution is 5.83. The monoisotopic (exact) mass is 333 g/mol. The molecule has 1 saturated heterocycles. The Morgan fingerprint density at radius 1 is 1.29 bits per heavy atom. The smallest absolute Gasteiger partial charge is 0.227 e. The first kappa shape index (κ1) is 18.9. The molecule has 5 heteroatoms. The molecule has 24 heavy (non-hydrogen) atoms. The summed E-state index contributed by atoms with van der Waals surface area (Å²) in [4.78, 5) is 12.7. The standard InChI is InChI=1S/C19H31N3O2/c1-15(16-7-5-4-6-8-16)22-18(2,3)14-21-17(23)19(13-20)9-11-24-12-10-19/h4-8,15,22H,9-14,20H2,1-3H3,(H,21,23). The predicted molar refractivity (Wildman–Crippen MR) is 96.6 cm³/mol. The lowest BCUT2D eigenvalue weighted by Crippen LogP contribution is -2.55. The fourth-order valence-electron chi connectivity index (χ4n) is 3.24. The summed E-state index contributed by atoms with van der Waals surface area (Å²) in [6, 6.07) is 10.5. The first-order valence-corrected chi connectivity index (χ1v) is 8.77. The van der Waals surface area contributed by atoms with Crippen LogP contribution in [0.5, 0.6) is 0 Å². The Morgan fingerprint density at radius 3 is 2.50 bits per heavy atom. The van der Waals surface area contributed by atoms with Crippen molar-refractivity contribution in [1.29, 1.82) is 0 Å². The highest BCUT2D eigenvalue weighted by atomic mass is 16.5. The molecule has 1 amide bonds. The average molecular weight is 333 g/mol. The molecular weight excluding hydrogens is 302 g/mol. The summed E-state index contributed by atoms with van der Waals surface area (Å²) in [5.74, 6) is 0.0514. The zero-order valence-electron chi connectivity index (χ0n) is 15.1. The van der Waals surface area contributed by atoms with Crippen molar-refractivity contribution in [3.8, 4) is 0 Å². The Labute approximate surface area is 145 Å². The highest BCUT2D eigenvalue weighted by Gasteiger charge is 2.39. The van der Waals surface area contributed by atoms with Crippen LogP contribution in [0.4, 0.5) is 0 Å². The number of hydrogen-bond acceptors (Lipinski definition) is 4. The quantitative estimate of drug-likeness (QED) is 0.713. The molecule has 0 spiro atoms.